The molecule has 2 aromatic carbocycles. The van der Waals surface area contributed by atoms with Crippen LogP contribution >= 0.6 is 0 Å². The molecule has 1 heterocycles. The molecule has 1 N–H and O–H groups in total. The largest absolute Gasteiger partial charge is 0.409 e. The van der Waals surface area contributed by atoms with Gasteiger partial charge in [0.25, 0.3) is 0 Å². The van der Waals surface area contributed by atoms with Crippen molar-refractivity contribution in [1.29, 1.82) is 0 Å². The minimum absolute atomic E-state index is 0.0345. The van der Waals surface area contributed by atoms with E-state index < -0.39 is 17.8 Å². The van der Waals surface area contributed by atoms with Gasteiger partial charge < -0.3 is 0 Å². The van der Waals surface area contributed by atoms with Crippen LogP contribution in [0, 0.1) is 0 Å². The van der Waals surface area contributed by atoms with E-state index in [2.05, 4.69) is 12.3 Å². The first-order valence-corrected chi connectivity index (χ1v) is 11.3. The molecule has 6 heteroatoms. The lowest BCUT2D eigenvalue weighted by Crippen LogP contribution is -2.51. The molecule has 1 fully saturated rings. The number of carbonyl (C=O) groups is 1. The van der Waals surface area contributed by atoms with Crippen molar-refractivity contribution >= 4 is 16.7 Å². The van der Waals surface area contributed by atoms with E-state index in [-0.39, 0.29) is 17.9 Å². The normalized spacial score (nSPS) is 17.8. The van der Waals surface area contributed by atoms with Gasteiger partial charge in [-0.05, 0) is 48.6 Å². The maximum Gasteiger partial charge on any atom is 0.409 e. The van der Waals surface area contributed by atoms with E-state index in [9.17, 15) is 18.0 Å². The minimum atomic E-state index is -4.53. The topological polar surface area (TPSA) is 32.3 Å². The van der Waals surface area contributed by atoms with Gasteiger partial charge in [-0.1, -0.05) is 75.4 Å². The van der Waals surface area contributed by atoms with Gasteiger partial charge in [-0.2, -0.15) is 18.2 Å². The number of amides is 1. The number of nitrogens with zero attached hydrogens (tertiary/aromatic N) is 1. The summed E-state index contributed by atoms with van der Waals surface area (Å²) in [6, 6.07) is 8.92. The van der Waals surface area contributed by atoms with E-state index in [0.717, 1.165) is 28.8 Å². The number of benzene rings is 2. The molecule has 1 atom stereocenters. The molecule has 2 aromatic rings. The first-order chi connectivity index (χ1) is 14.6. The molecule has 0 saturated carbocycles. The van der Waals surface area contributed by atoms with Crippen LogP contribution in [0.15, 0.2) is 36.4 Å². The van der Waals surface area contributed by atoms with Gasteiger partial charge in [0.15, 0.2) is 6.04 Å². The third-order valence-corrected chi connectivity index (χ3v) is 6.15. The Bertz CT molecular complexity index is 907. The Morgan fingerprint density at radius 3 is 2.42 bits per heavy atom. The summed E-state index contributed by atoms with van der Waals surface area (Å²) in [5.74, 6) is -0.388. The van der Waals surface area contributed by atoms with Crippen LogP contribution in [0.2, 0.25) is 0 Å². The number of rotatable bonds is 9. The predicted octanol–water partition coefficient (Wildman–Crippen LogP) is 6.86. The van der Waals surface area contributed by atoms with E-state index in [4.69, 9.17) is 0 Å². The second kappa shape index (κ2) is 9.60. The van der Waals surface area contributed by atoms with Gasteiger partial charge in [0.05, 0.1) is 0 Å². The summed E-state index contributed by atoms with van der Waals surface area (Å²) in [4.78, 5) is 11.9. The van der Waals surface area contributed by atoms with E-state index in [1.807, 2.05) is 18.2 Å². The lowest BCUT2D eigenvalue weighted by Gasteiger charge is -2.38. The highest BCUT2D eigenvalue weighted by Gasteiger charge is 2.53. The highest BCUT2D eigenvalue weighted by atomic mass is 19.4. The van der Waals surface area contributed by atoms with Crippen molar-refractivity contribution in [1.82, 2.24) is 10.4 Å². The molecule has 0 bridgehead atoms. The number of alkyl halides is 3. The zero-order chi connectivity index (χ0) is 22.6. The molecule has 170 valence electrons. The van der Waals surface area contributed by atoms with Gasteiger partial charge in [0.2, 0.25) is 5.91 Å². The van der Waals surface area contributed by atoms with Crippen molar-refractivity contribution in [3.63, 3.8) is 0 Å². The zero-order valence-electron chi connectivity index (χ0n) is 18.7. The highest BCUT2D eigenvalue weighted by molar-refractivity contribution is 5.87. The first-order valence-electron chi connectivity index (χ1n) is 11.3. The SMILES string of the molecule is CCCCCCCCc1ccc2c([C@H](N3NC(=O)CC3(C)C)C(F)(F)F)cccc2c1. The number of hydrogen-bond donors (Lipinski definition) is 1. The fraction of sp³-hybridized carbons (Fsp3) is 0.560. The summed E-state index contributed by atoms with van der Waals surface area (Å²) >= 11 is 0. The lowest BCUT2D eigenvalue weighted by atomic mass is 9.92. The fourth-order valence-electron chi connectivity index (χ4n) is 4.54. The molecule has 0 aromatic heterocycles. The maximum atomic E-state index is 14.2. The lowest BCUT2D eigenvalue weighted by molar-refractivity contribution is -0.203. The third-order valence-electron chi connectivity index (χ3n) is 6.15. The second-order valence-corrected chi connectivity index (χ2v) is 9.26. The average molecular weight is 435 g/mol. The number of hydrogen-bond acceptors (Lipinski definition) is 2. The molecular weight excluding hydrogens is 401 g/mol. The number of aryl methyl sites for hydroxylation is 1. The van der Waals surface area contributed by atoms with Gasteiger partial charge in [-0.3, -0.25) is 10.2 Å². The van der Waals surface area contributed by atoms with Crippen molar-refractivity contribution < 1.29 is 18.0 Å². The summed E-state index contributed by atoms with van der Waals surface area (Å²) in [7, 11) is 0. The minimum Gasteiger partial charge on any atom is -0.287 e. The van der Waals surface area contributed by atoms with Crippen molar-refractivity contribution in [3.8, 4) is 0 Å². The Morgan fingerprint density at radius 1 is 1.06 bits per heavy atom. The number of hydrazine groups is 1. The summed E-state index contributed by atoms with van der Waals surface area (Å²) in [5.41, 5.74) is 2.84. The molecule has 0 aliphatic carbocycles. The molecule has 0 spiro atoms. The van der Waals surface area contributed by atoms with Crippen LogP contribution in [0.3, 0.4) is 0 Å². The molecule has 1 aliphatic rings. The van der Waals surface area contributed by atoms with Crippen LogP contribution in [0.4, 0.5) is 13.2 Å². The van der Waals surface area contributed by atoms with E-state index in [1.54, 1.807) is 26.0 Å². The van der Waals surface area contributed by atoms with Crippen LogP contribution < -0.4 is 5.43 Å². The molecule has 0 radical (unpaired) electrons. The third kappa shape index (κ3) is 5.59. The molecule has 31 heavy (non-hydrogen) atoms. The smallest absolute Gasteiger partial charge is 0.287 e. The van der Waals surface area contributed by atoms with Gasteiger partial charge >= 0.3 is 6.18 Å². The Morgan fingerprint density at radius 2 is 1.77 bits per heavy atom. The van der Waals surface area contributed by atoms with Crippen molar-refractivity contribution in [2.45, 2.75) is 89.9 Å². The highest BCUT2D eigenvalue weighted by Crippen LogP contribution is 2.44. The summed E-state index contributed by atoms with van der Waals surface area (Å²) in [5, 5.41) is 2.46. The van der Waals surface area contributed by atoms with Gasteiger partial charge in [0.1, 0.15) is 0 Å². The predicted molar refractivity (Wildman–Crippen MR) is 119 cm³/mol. The number of carbonyl (C=O) groups excluding carboxylic acids is 1. The molecule has 1 amide bonds. The van der Waals surface area contributed by atoms with Crippen LogP contribution in [0.1, 0.15) is 82.9 Å². The first kappa shape index (κ1) is 23.6. The van der Waals surface area contributed by atoms with Gasteiger partial charge in [0, 0.05) is 12.0 Å². The second-order valence-electron chi connectivity index (χ2n) is 9.26. The van der Waals surface area contributed by atoms with E-state index in [1.165, 1.54) is 38.2 Å². The Labute approximate surface area is 183 Å². The fourth-order valence-corrected chi connectivity index (χ4v) is 4.54. The zero-order valence-corrected chi connectivity index (χ0v) is 18.7. The standard InChI is InChI=1S/C25H33F3N2O/c1-4-5-6-7-8-9-11-18-14-15-20-19(16-18)12-10-13-21(20)23(25(26,27)28)30-24(2,3)17-22(31)29-30/h10,12-16,23H,4-9,11,17H2,1-3H3,(H,29,31)/t23-/m0/s1. The van der Waals surface area contributed by atoms with Crippen LogP contribution in [0.25, 0.3) is 10.8 Å². The molecule has 1 aliphatic heterocycles. The monoisotopic (exact) mass is 434 g/mol. The average Bonchev–Trinajstić information content (AvgIpc) is 2.95. The van der Waals surface area contributed by atoms with Gasteiger partial charge in [-0.15, -0.1) is 0 Å². The maximum absolute atomic E-state index is 14.2. The number of halogens is 3. The Balaban J connectivity index is 1.86. The molecule has 0 unspecified atom stereocenters. The van der Waals surface area contributed by atoms with E-state index in [0.29, 0.717) is 5.39 Å². The number of unbranched alkanes of at least 4 members (excludes halogenated alkanes) is 5. The number of nitrogens with one attached hydrogen (secondary N) is 1. The number of fused-ring (bicyclic) bond motifs is 1. The molecule has 1 saturated heterocycles. The Kier molecular flexibility index (Phi) is 7.30. The van der Waals surface area contributed by atoms with E-state index >= 15 is 0 Å². The van der Waals surface area contributed by atoms with Crippen LogP contribution in [-0.4, -0.2) is 22.6 Å². The van der Waals surface area contributed by atoms with Gasteiger partial charge in [-0.25, -0.2) is 0 Å². The molecule has 3 rings (SSSR count). The van der Waals surface area contributed by atoms with Crippen LogP contribution in [-0.2, 0) is 11.2 Å². The molecule has 3 nitrogen and oxygen atoms in total. The quantitative estimate of drug-likeness (QED) is 0.437. The van der Waals surface area contributed by atoms with Crippen molar-refractivity contribution in [3.05, 3.63) is 47.5 Å². The van der Waals surface area contributed by atoms with Crippen molar-refractivity contribution in [2.75, 3.05) is 0 Å². The summed E-state index contributed by atoms with van der Waals surface area (Å²) in [6.07, 6.45) is 3.71. The van der Waals surface area contributed by atoms with Crippen LogP contribution in [0.5, 0.6) is 0 Å². The summed E-state index contributed by atoms with van der Waals surface area (Å²) < 4.78 is 42.7. The van der Waals surface area contributed by atoms with Crippen molar-refractivity contribution in [2.24, 2.45) is 0 Å². The Hall–Kier alpha value is -2.08. The molecular formula is C25H33F3N2O. The summed E-state index contributed by atoms with van der Waals surface area (Å²) in [6.45, 7) is 5.52.